The van der Waals surface area contributed by atoms with E-state index in [1.165, 1.54) is 36.4 Å². The van der Waals surface area contributed by atoms with E-state index in [0.29, 0.717) is 71.3 Å². The van der Waals surface area contributed by atoms with E-state index in [-0.39, 0.29) is 33.3 Å². The van der Waals surface area contributed by atoms with Crippen molar-refractivity contribution in [2.75, 3.05) is 78.5 Å². The van der Waals surface area contributed by atoms with Crippen molar-refractivity contribution >= 4 is 112 Å². The lowest BCUT2D eigenvalue weighted by Crippen LogP contribution is -2.52. The molecule has 2 saturated heterocycles. The molecule has 100 heavy (non-hydrogen) atoms. The van der Waals surface area contributed by atoms with Gasteiger partial charge in [0.2, 0.25) is 11.9 Å². The van der Waals surface area contributed by atoms with Crippen molar-refractivity contribution in [1.82, 2.24) is 39.6 Å². The highest BCUT2D eigenvalue weighted by Gasteiger charge is 2.38. The first-order chi connectivity index (χ1) is 48.5. The summed E-state index contributed by atoms with van der Waals surface area (Å²) in [6, 6.07) is 57.1. The molecule has 0 unspecified atom stereocenters. The van der Waals surface area contributed by atoms with Gasteiger partial charge in [-0.15, -0.1) is 8.80 Å². The average Bonchev–Trinajstić information content (AvgIpc) is 1.62. The van der Waals surface area contributed by atoms with E-state index in [1.54, 1.807) is 58.5 Å². The molecule has 0 spiro atoms. The number of sulfonamides is 2. The Morgan fingerprint density at radius 2 is 0.790 bits per heavy atom. The Morgan fingerprint density at radius 1 is 0.440 bits per heavy atom. The van der Waals surface area contributed by atoms with Crippen molar-refractivity contribution in [2.24, 2.45) is 19.0 Å². The van der Waals surface area contributed by atoms with Crippen LogP contribution in [0.25, 0.3) is 21.8 Å². The third kappa shape index (κ3) is 17.0. The van der Waals surface area contributed by atoms with E-state index in [9.17, 15) is 25.6 Å². The molecule has 4 aliphatic heterocycles. The van der Waals surface area contributed by atoms with Crippen molar-refractivity contribution in [2.45, 2.75) is 60.2 Å². The molecule has 0 radical (unpaired) electrons. The van der Waals surface area contributed by atoms with E-state index >= 15 is 0 Å². The standard InChI is InChI=1S/2C38H37Cl2FN6O2S/c2*39-30-11-9-28(10-12-30)37-35(27-6-2-1-3-7-27)26-47(43-37)38(44-50(48,49)33-16-13-31(40)14-17-33)46-22-20-45(21-23-46)19-5-4-8-29-25-42-36-18-15-32(41)24-34(29)36/h2*1-3,6-7,9-18,24-25,35,42H,4-5,8,19-23,26H2/t2*35-/m11/s1. The van der Waals surface area contributed by atoms with Crippen LogP contribution in [0.2, 0.25) is 20.1 Å². The second-order valence-electron chi connectivity index (χ2n) is 25.3. The van der Waals surface area contributed by atoms with E-state index < -0.39 is 20.0 Å². The van der Waals surface area contributed by atoms with Crippen molar-refractivity contribution in [3.05, 3.63) is 272 Å². The van der Waals surface area contributed by atoms with Crippen molar-refractivity contribution in [3.63, 3.8) is 0 Å². The SMILES string of the molecule is O=S(=O)(N=C(N1CCN(CCCCc2c[nH]c3ccc(F)cc23)CC1)N1C[C@H](c2ccccc2)C(c2ccc(Cl)cc2)=N1)c1ccc(Cl)cc1.O=S(=O)(N=C(N1CCN(CCCCc2c[nH]c3ccc(F)cc23)CC1)N1C[C@H](c2ccccc2)C(c2ccc(Cl)cc2)=N1)c1ccc(Cl)cc1. The van der Waals surface area contributed by atoms with Gasteiger partial charge < -0.3 is 19.8 Å². The minimum atomic E-state index is -4.08. The van der Waals surface area contributed by atoms with Crippen LogP contribution in [0, 0.1) is 11.6 Å². The maximum Gasteiger partial charge on any atom is 0.285 e. The number of aromatic nitrogens is 2. The second-order valence-corrected chi connectivity index (χ2v) is 30.2. The number of guanidine groups is 2. The normalized spacial score (nSPS) is 17.5. The molecular formula is C76H74Cl4F2N12O4S2. The largest absolute Gasteiger partial charge is 0.361 e. The maximum absolute atomic E-state index is 13.8. The number of aryl methyl sites for hydroxylation is 2. The van der Waals surface area contributed by atoms with Crippen LogP contribution in [-0.2, 0) is 32.9 Å². The number of fused-ring (bicyclic) bond motifs is 2. The number of nitrogens with one attached hydrogen (secondary N) is 2. The number of H-pyrrole nitrogens is 2. The Labute approximate surface area is 602 Å². The Morgan fingerprint density at radius 3 is 1.15 bits per heavy atom. The van der Waals surface area contributed by atoms with E-state index in [1.807, 2.05) is 107 Å². The number of aromatic amines is 2. The molecule has 0 amide bonds. The van der Waals surface area contributed by atoms with Crippen LogP contribution in [0.15, 0.2) is 235 Å². The predicted octanol–water partition coefficient (Wildman–Crippen LogP) is 15.6. The molecule has 0 aliphatic carbocycles. The molecule has 8 aromatic carbocycles. The topological polar surface area (TPSA) is 169 Å². The Bertz CT molecular complexity index is 4540. The molecule has 4 aliphatic rings. The van der Waals surface area contributed by atoms with Crippen LogP contribution >= 0.6 is 46.4 Å². The van der Waals surface area contributed by atoms with Gasteiger partial charge in [-0.1, -0.05) is 131 Å². The van der Waals surface area contributed by atoms with Crippen molar-refractivity contribution in [3.8, 4) is 0 Å². The summed E-state index contributed by atoms with van der Waals surface area (Å²) in [6.07, 6.45) is 9.63. The summed E-state index contributed by atoms with van der Waals surface area (Å²) in [5.41, 5.74) is 9.77. The molecule has 14 rings (SSSR count). The van der Waals surface area contributed by atoms with Crippen LogP contribution < -0.4 is 0 Å². The molecule has 2 aromatic heterocycles. The lowest BCUT2D eigenvalue weighted by atomic mass is 9.91. The maximum atomic E-state index is 13.8. The molecule has 24 heteroatoms. The number of piperazine rings is 2. The first kappa shape index (κ1) is 70.0. The highest BCUT2D eigenvalue weighted by atomic mass is 35.5. The number of hydrazone groups is 2. The number of rotatable bonds is 18. The second kappa shape index (κ2) is 31.6. The quantitative estimate of drug-likeness (QED) is 0.0479. The Balaban J connectivity index is 0.000000179. The van der Waals surface area contributed by atoms with Gasteiger partial charge in [-0.25, -0.2) is 18.8 Å². The van der Waals surface area contributed by atoms with E-state index in [4.69, 9.17) is 56.6 Å². The van der Waals surface area contributed by atoms with Crippen LogP contribution in [0.5, 0.6) is 0 Å². The molecule has 516 valence electrons. The van der Waals surface area contributed by atoms with Crippen LogP contribution in [0.1, 0.15) is 70.9 Å². The Hall–Kier alpha value is -8.44. The van der Waals surface area contributed by atoms with Gasteiger partial charge in [-0.3, -0.25) is 9.80 Å². The summed E-state index contributed by atoms with van der Waals surface area (Å²) in [6.45, 7) is 8.06. The average molecular weight is 1460 g/mol. The van der Waals surface area contributed by atoms with Gasteiger partial charge in [-0.05, 0) is 194 Å². The third-order valence-corrected chi connectivity index (χ3v) is 22.3. The fourth-order valence-electron chi connectivity index (χ4n) is 13.3. The lowest BCUT2D eigenvalue weighted by molar-refractivity contribution is 0.168. The summed E-state index contributed by atoms with van der Waals surface area (Å²) >= 11 is 24.6. The zero-order valence-electron chi connectivity index (χ0n) is 54.7. The third-order valence-electron chi connectivity index (χ3n) is 18.7. The van der Waals surface area contributed by atoms with Gasteiger partial charge in [0.15, 0.2) is 0 Å². The summed E-state index contributed by atoms with van der Waals surface area (Å²) in [5, 5.41) is 17.6. The molecule has 16 nitrogen and oxygen atoms in total. The molecule has 2 fully saturated rings. The first-order valence-electron chi connectivity index (χ1n) is 33.5. The van der Waals surface area contributed by atoms with E-state index in [0.717, 1.165) is 144 Å². The number of benzene rings is 8. The van der Waals surface area contributed by atoms with Gasteiger partial charge in [0.05, 0.1) is 34.3 Å². The van der Waals surface area contributed by atoms with Crippen LogP contribution in [-0.4, -0.2) is 158 Å². The number of hydrogen-bond donors (Lipinski definition) is 2. The summed E-state index contributed by atoms with van der Waals surface area (Å²) in [5.74, 6) is -0.0772. The zero-order chi connectivity index (χ0) is 69.3. The number of unbranched alkanes of at least 4 members (excludes halogenated alkanes) is 2. The van der Waals surface area contributed by atoms with Crippen molar-refractivity contribution < 1.29 is 25.6 Å². The molecule has 2 atom stereocenters. The van der Waals surface area contributed by atoms with Crippen molar-refractivity contribution in [1.29, 1.82) is 0 Å². The van der Waals surface area contributed by atoms with Gasteiger partial charge in [0.25, 0.3) is 20.0 Å². The fourth-order valence-corrected chi connectivity index (χ4v) is 15.9. The molecule has 2 N–H and O–H groups in total. The Kier molecular flexibility index (Phi) is 22.1. The summed E-state index contributed by atoms with van der Waals surface area (Å²) < 4.78 is 91.6. The smallest absolute Gasteiger partial charge is 0.285 e. The predicted molar refractivity (Wildman–Crippen MR) is 398 cm³/mol. The first-order valence-corrected chi connectivity index (χ1v) is 37.9. The number of hydrogen-bond acceptors (Lipinski definition) is 8. The van der Waals surface area contributed by atoms with E-state index in [2.05, 4.69) is 52.8 Å². The van der Waals surface area contributed by atoms with Gasteiger partial charge >= 0.3 is 0 Å². The fraction of sp³-hybridized carbons (Fsp3) is 0.263. The molecule has 0 bridgehead atoms. The highest BCUT2D eigenvalue weighted by molar-refractivity contribution is 7.90. The van der Waals surface area contributed by atoms with Gasteiger partial charge in [-0.2, -0.15) is 27.0 Å². The molecule has 0 saturated carbocycles. The summed E-state index contributed by atoms with van der Waals surface area (Å²) in [4.78, 5) is 15.5. The molecule has 6 heterocycles. The molecule has 10 aromatic rings. The van der Waals surface area contributed by atoms with Crippen LogP contribution in [0.4, 0.5) is 8.78 Å². The van der Waals surface area contributed by atoms with Gasteiger partial charge in [0, 0.05) is 118 Å². The van der Waals surface area contributed by atoms with Gasteiger partial charge in [0.1, 0.15) is 11.6 Å². The minimum absolute atomic E-state index is 0.0664. The highest BCUT2D eigenvalue weighted by Crippen LogP contribution is 2.34. The summed E-state index contributed by atoms with van der Waals surface area (Å²) in [7, 11) is -8.17. The lowest BCUT2D eigenvalue weighted by Gasteiger charge is -2.38. The van der Waals surface area contributed by atoms with Crippen LogP contribution in [0.3, 0.4) is 0 Å². The number of nitrogens with zero attached hydrogens (tertiary/aromatic N) is 10. The molecular weight excluding hydrogens is 1390 g/mol. The monoisotopic (exact) mass is 1460 g/mol. The zero-order valence-corrected chi connectivity index (χ0v) is 59.4. The number of halogens is 6. The minimum Gasteiger partial charge on any atom is -0.361 e.